The van der Waals surface area contributed by atoms with Crippen molar-refractivity contribution in [1.82, 2.24) is 0 Å². The van der Waals surface area contributed by atoms with E-state index in [2.05, 4.69) is 6.58 Å². The first-order valence-corrected chi connectivity index (χ1v) is 4.49. The van der Waals surface area contributed by atoms with Crippen molar-refractivity contribution in [2.75, 3.05) is 0 Å². The molecule has 0 bridgehead atoms. The van der Waals surface area contributed by atoms with E-state index in [-0.39, 0.29) is 18.4 Å². The number of allylic oxidation sites excluding steroid dienone is 5. The summed E-state index contributed by atoms with van der Waals surface area (Å²) in [6.07, 6.45) is 0.0986. The standard InChI is InChI=1S/C11H10F3N/c1-2-3-9-5-4-8(7-15)6-10(9)11(12,13)14/h2,4,6,9H,1,3,5H2. The first-order chi connectivity index (χ1) is 6.99. The molecule has 0 aliphatic heterocycles. The maximum absolute atomic E-state index is 12.6. The number of nitriles is 1. The Labute approximate surface area is 86.2 Å². The Morgan fingerprint density at radius 1 is 1.60 bits per heavy atom. The van der Waals surface area contributed by atoms with Gasteiger partial charge in [-0.3, -0.25) is 0 Å². The predicted octanol–water partition coefficient (Wildman–Crippen LogP) is 3.52. The summed E-state index contributed by atoms with van der Waals surface area (Å²) < 4.78 is 37.8. The summed E-state index contributed by atoms with van der Waals surface area (Å²) in [6.45, 7) is 3.43. The molecule has 0 aromatic carbocycles. The van der Waals surface area contributed by atoms with Gasteiger partial charge < -0.3 is 0 Å². The molecule has 0 spiro atoms. The molecule has 0 N–H and O–H groups in total. The molecule has 1 nitrogen and oxygen atoms in total. The Kier molecular flexibility index (Phi) is 3.35. The second-order valence-electron chi connectivity index (χ2n) is 3.33. The van der Waals surface area contributed by atoms with Crippen molar-refractivity contribution in [3.63, 3.8) is 0 Å². The summed E-state index contributed by atoms with van der Waals surface area (Å²) in [7, 11) is 0. The van der Waals surface area contributed by atoms with Crippen LogP contribution in [0.1, 0.15) is 12.8 Å². The molecule has 0 radical (unpaired) electrons. The maximum atomic E-state index is 12.6. The van der Waals surface area contributed by atoms with Crippen LogP contribution in [0.25, 0.3) is 0 Å². The fourth-order valence-corrected chi connectivity index (χ4v) is 1.56. The molecule has 4 heteroatoms. The van der Waals surface area contributed by atoms with Gasteiger partial charge in [0.2, 0.25) is 0 Å². The van der Waals surface area contributed by atoms with Crippen LogP contribution < -0.4 is 0 Å². The van der Waals surface area contributed by atoms with Crippen molar-refractivity contribution in [3.8, 4) is 6.07 Å². The van der Waals surface area contributed by atoms with E-state index in [1.54, 1.807) is 6.07 Å². The minimum absolute atomic E-state index is 0.0858. The third kappa shape index (κ3) is 2.72. The van der Waals surface area contributed by atoms with Crippen molar-refractivity contribution in [3.05, 3.63) is 36.0 Å². The van der Waals surface area contributed by atoms with Gasteiger partial charge in [-0.15, -0.1) is 6.58 Å². The number of nitrogens with zero attached hydrogens (tertiary/aromatic N) is 1. The minimum atomic E-state index is -4.36. The van der Waals surface area contributed by atoms with Crippen molar-refractivity contribution in [1.29, 1.82) is 5.26 Å². The summed E-state index contributed by atoms with van der Waals surface area (Å²) in [6, 6.07) is 1.73. The SMILES string of the molecule is C=CCC1CC=C(C#N)C=C1C(F)(F)F. The molecule has 0 amide bonds. The van der Waals surface area contributed by atoms with Crippen LogP contribution in [-0.2, 0) is 0 Å². The van der Waals surface area contributed by atoms with Crippen LogP contribution in [0.3, 0.4) is 0 Å². The van der Waals surface area contributed by atoms with E-state index in [1.807, 2.05) is 0 Å². The van der Waals surface area contributed by atoms with Crippen molar-refractivity contribution >= 4 is 0 Å². The monoisotopic (exact) mass is 213 g/mol. The summed E-state index contributed by atoms with van der Waals surface area (Å²) >= 11 is 0. The lowest BCUT2D eigenvalue weighted by Gasteiger charge is -2.23. The van der Waals surface area contributed by atoms with Gasteiger partial charge in [0, 0.05) is 11.1 Å². The van der Waals surface area contributed by atoms with Crippen LogP contribution in [0.15, 0.2) is 36.0 Å². The quantitative estimate of drug-likeness (QED) is 0.644. The van der Waals surface area contributed by atoms with Crippen molar-refractivity contribution in [2.45, 2.75) is 19.0 Å². The number of hydrogen-bond donors (Lipinski definition) is 0. The maximum Gasteiger partial charge on any atom is 0.413 e. The number of halogens is 3. The summed E-state index contributed by atoms with van der Waals surface area (Å²) in [5.74, 6) is -0.598. The Bertz CT molecular complexity index is 355. The topological polar surface area (TPSA) is 23.8 Å². The van der Waals surface area contributed by atoms with Crippen LogP contribution in [-0.4, -0.2) is 6.18 Å². The third-order valence-corrected chi connectivity index (χ3v) is 2.28. The largest absolute Gasteiger partial charge is 0.413 e. The van der Waals surface area contributed by atoms with Gasteiger partial charge in [0.25, 0.3) is 0 Å². The molecule has 1 aliphatic carbocycles. The minimum Gasteiger partial charge on any atom is -0.192 e. The first-order valence-electron chi connectivity index (χ1n) is 4.49. The van der Waals surface area contributed by atoms with E-state index in [4.69, 9.17) is 5.26 Å². The number of rotatable bonds is 2. The smallest absolute Gasteiger partial charge is 0.192 e. The summed E-state index contributed by atoms with van der Waals surface area (Å²) in [5.41, 5.74) is -0.538. The highest BCUT2D eigenvalue weighted by molar-refractivity contribution is 5.41. The molecule has 1 atom stereocenters. The van der Waals surface area contributed by atoms with Crippen LogP contribution in [0.4, 0.5) is 13.2 Å². The van der Waals surface area contributed by atoms with Crippen LogP contribution in [0, 0.1) is 17.2 Å². The Morgan fingerprint density at radius 3 is 2.73 bits per heavy atom. The predicted molar refractivity (Wildman–Crippen MR) is 50.8 cm³/mol. The van der Waals surface area contributed by atoms with Gasteiger partial charge in [-0.25, -0.2) is 0 Å². The molecule has 0 saturated heterocycles. The zero-order valence-corrected chi connectivity index (χ0v) is 8.01. The van der Waals surface area contributed by atoms with E-state index in [0.29, 0.717) is 0 Å². The average molecular weight is 213 g/mol. The van der Waals surface area contributed by atoms with E-state index in [9.17, 15) is 13.2 Å². The van der Waals surface area contributed by atoms with Crippen LogP contribution >= 0.6 is 0 Å². The highest BCUT2D eigenvalue weighted by Gasteiger charge is 2.38. The second-order valence-corrected chi connectivity index (χ2v) is 3.33. The summed E-state index contributed by atoms with van der Waals surface area (Å²) in [5, 5.41) is 8.54. The fourth-order valence-electron chi connectivity index (χ4n) is 1.56. The van der Waals surface area contributed by atoms with Gasteiger partial charge in [0.05, 0.1) is 6.07 Å². The zero-order valence-electron chi connectivity index (χ0n) is 8.01. The molecule has 15 heavy (non-hydrogen) atoms. The molecular weight excluding hydrogens is 203 g/mol. The average Bonchev–Trinajstić information content (AvgIpc) is 2.17. The second kappa shape index (κ2) is 4.35. The molecular formula is C11H10F3N. The lowest BCUT2D eigenvalue weighted by molar-refractivity contribution is -0.0991. The van der Waals surface area contributed by atoms with E-state index in [1.165, 1.54) is 12.2 Å². The molecule has 0 heterocycles. The van der Waals surface area contributed by atoms with E-state index < -0.39 is 17.7 Å². The normalized spacial score (nSPS) is 21.3. The van der Waals surface area contributed by atoms with Crippen LogP contribution in [0.2, 0.25) is 0 Å². The fraction of sp³-hybridized carbons (Fsp3) is 0.364. The molecule has 0 saturated carbocycles. The Balaban J connectivity index is 3.01. The van der Waals surface area contributed by atoms with Gasteiger partial charge in [0.15, 0.2) is 0 Å². The van der Waals surface area contributed by atoms with Gasteiger partial charge in [0.1, 0.15) is 0 Å². The highest BCUT2D eigenvalue weighted by Crippen LogP contribution is 2.38. The highest BCUT2D eigenvalue weighted by atomic mass is 19.4. The molecule has 1 unspecified atom stereocenters. The zero-order chi connectivity index (χ0) is 11.5. The number of alkyl halides is 3. The van der Waals surface area contributed by atoms with E-state index in [0.717, 1.165) is 6.08 Å². The third-order valence-electron chi connectivity index (χ3n) is 2.28. The summed E-state index contributed by atoms with van der Waals surface area (Å²) in [4.78, 5) is 0. The molecule has 80 valence electrons. The first kappa shape index (κ1) is 11.6. The van der Waals surface area contributed by atoms with Gasteiger partial charge >= 0.3 is 6.18 Å². The van der Waals surface area contributed by atoms with E-state index >= 15 is 0 Å². The van der Waals surface area contributed by atoms with Crippen molar-refractivity contribution in [2.24, 2.45) is 5.92 Å². The Hall–Kier alpha value is -1.50. The molecule has 0 aromatic rings. The Morgan fingerprint density at radius 2 is 2.27 bits per heavy atom. The molecule has 1 aliphatic rings. The molecule has 1 rings (SSSR count). The molecule has 0 aromatic heterocycles. The van der Waals surface area contributed by atoms with Crippen LogP contribution in [0.5, 0.6) is 0 Å². The van der Waals surface area contributed by atoms with Gasteiger partial charge in [-0.05, 0) is 24.8 Å². The van der Waals surface area contributed by atoms with Gasteiger partial charge in [-0.1, -0.05) is 12.2 Å². The van der Waals surface area contributed by atoms with Gasteiger partial charge in [-0.2, -0.15) is 18.4 Å². The number of hydrogen-bond acceptors (Lipinski definition) is 1. The van der Waals surface area contributed by atoms with Crippen molar-refractivity contribution < 1.29 is 13.2 Å². The lowest BCUT2D eigenvalue weighted by atomic mass is 9.86. The lowest BCUT2D eigenvalue weighted by Crippen LogP contribution is -2.21. The molecule has 0 fully saturated rings.